The van der Waals surface area contributed by atoms with Crippen LogP contribution in [0.5, 0.6) is 0 Å². The molecule has 0 saturated carbocycles. The van der Waals surface area contributed by atoms with Gasteiger partial charge in [0.1, 0.15) is 0 Å². The zero-order chi connectivity index (χ0) is 34.6. The molecular formula is C46H67NSSn. The summed E-state index contributed by atoms with van der Waals surface area (Å²) in [5.41, 5.74) is 6.69. The molecule has 4 rings (SSSR count). The molecule has 0 spiro atoms. The molecule has 0 fully saturated rings. The van der Waals surface area contributed by atoms with E-state index in [1.165, 1.54) is 132 Å². The molecular weight excluding hydrogens is 717 g/mol. The molecule has 0 bridgehead atoms. The summed E-state index contributed by atoms with van der Waals surface area (Å²) >= 11 is -0.294. The van der Waals surface area contributed by atoms with Gasteiger partial charge >= 0.3 is 292 Å². The Hall–Kier alpha value is -2.04. The van der Waals surface area contributed by atoms with Crippen LogP contribution < -0.4 is 7.79 Å². The molecule has 0 saturated heterocycles. The number of thiophene rings is 1. The van der Waals surface area contributed by atoms with Crippen LogP contribution in [0.25, 0.3) is 10.4 Å². The first kappa shape index (κ1) is 39.7. The third kappa shape index (κ3) is 12.3. The maximum absolute atomic E-state index is 2.79. The summed E-state index contributed by atoms with van der Waals surface area (Å²) in [5.74, 6) is 0. The van der Waals surface area contributed by atoms with Crippen LogP contribution in [0.15, 0.2) is 91.0 Å². The molecule has 266 valence electrons. The van der Waals surface area contributed by atoms with Gasteiger partial charge in [-0.1, -0.05) is 19.8 Å². The van der Waals surface area contributed by atoms with E-state index >= 15 is 0 Å². The molecule has 3 aromatic carbocycles. The second-order valence-electron chi connectivity index (χ2n) is 14.5. The molecule has 0 aliphatic heterocycles. The Balaban J connectivity index is 1.61. The molecule has 0 amide bonds. The first-order valence-corrected chi connectivity index (χ1v) is 28.6. The van der Waals surface area contributed by atoms with Gasteiger partial charge in [-0.05, 0) is 0 Å². The molecule has 0 unspecified atom stereocenters. The van der Waals surface area contributed by atoms with Crippen molar-refractivity contribution in [2.45, 2.75) is 150 Å². The van der Waals surface area contributed by atoms with Gasteiger partial charge in [0.25, 0.3) is 0 Å². The van der Waals surface area contributed by atoms with Crippen molar-refractivity contribution in [2.24, 2.45) is 0 Å². The summed E-state index contributed by atoms with van der Waals surface area (Å²) in [7, 11) is 0. The van der Waals surface area contributed by atoms with Gasteiger partial charge in [-0.25, -0.2) is 0 Å². The summed E-state index contributed by atoms with van der Waals surface area (Å²) in [6.07, 6.45) is 23.5. The Labute approximate surface area is 309 Å². The number of para-hydroxylation sites is 2. The third-order valence-corrected chi connectivity index (χ3v) is 30.0. The van der Waals surface area contributed by atoms with E-state index in [1.54, 1.807) is 23.8 Å². The quantitative estimate of drug-likeness (QED) is 0.0478. The fourth-order valence-corrected chi connectivity index (χ4v) is 28.0. The van der Waals surface area contributed by atoms with Crippen LogP contribution in [-0.4, -0.2) is 18.4 Å². The first-order valence-electron chi connectivity index (χ1n) is 20.3. The minimum atomic E-state index is -2.53. The van der Waals surface area contributed by atoms with Crippen molar-refractivity contribution >= 4 is 49.7 Å². The van der Waals surface area contributed by atoms with E-state index in [9.17, 15) is 0 Å². The fourth-order valence-electron chi connectivity index (χ4n) is 7.58. The molecule has 4 aromatic rings. The van der Waals surface area contributed by atoms with Gasteiger partial charge in [-0.15, -0.1) is 0 Å². The summed E-state index contributed by atoms with van der Waals surface area (Å²) in [6, 6.07) is 34.0. The van der Waals surface area contributed by atoms with Crippen LogP contribution in [0.3, 0.4) is 0 Å². The van der Waals surface area contributed by atoms with E-state index in [2.05, 4.69) is 135 Å². The average Bonchev–Trinajstić information content (AvgIpc) is 3.58. The van der Waals surface area contributed by atoms with Gasteiger partial charge < -0.3 is 0 Å². The number of unbranched alkanes of at least 4 members (excludes halogenated alkanes) is 12. The Morgan fingerprint density at radius 2 is 0.898 bits per heavy atom. The second kappa shape index (κ2) is 22.7. The standard InChI is InChI=1S/C34H40NS.3C4H9.Sn/c1-2-3-4-5-6-7-8-9-10-13-18-29-27-28-36-34(29)30-23-25-33(26-24-30)35(31-19-14-11-15-20-31)32-21-16-12-17-22-32;3*1-3-4-2;/h11-12,14-17,19-27H,2-10,13,18H2,1H3;3*1,3-4H2,2H3;. The third-order valence-electron chi connectivity index (χ3n) is 10.6. The Morgan fingerprint density at radius 1 is 0.469 bits per heavy atom. The van der Waals surface area contributed by atoms with Gasteiger partial charge in [0.15, 0.2) is 0 Å². The van der Waals surface area contributed by atoms with E-state index in [0.29, 0.717) is 0 Å². The number of nitrogens with zero attached hydrogens (tertiary/aromatic N) is 1. The Morgan fingerprint density at radius 3 is 1.37 bits per heavy atom. The Kier molecular flexibility index (Phi) is 18.4. The molecule has 0 N–H and O–H groups in total. The average molecular weight is 785 g/mol. The molecule has 1 heterocycles. The first-order chi connectivity index (χ1) is 24.2. The second-order valence-corrected chi connectivity index (χ2v) is 29.8. The number of benzene rings is 3. The van der Waals surface area contributed by atoms with Crippen LogP contribution in [-0.2, 0) is 6.42 Å². The van der Waals surface area contributed by atoms with Crippen LogP contribution in [0.1, 0.15) is 136 Å². The van der Waals surface area contributed by atoms with E-state index in [1.807, 2.05) is 2.89 Å². The molecule has 1 aromatic heterocycles. The number of anilines is 3. The number of aryl methyl sites for hydroxylation is 1. The molecule has 0 radical (unpaired) electrons. The summed E-state index contributed by atoms with van der Waals surface area (Å²) in [5, 5.41) is 0. The zero-order valence-corrected chi connectivity index (χ0v) is 35.3. The van der Waals surface area contributed by atoms with Crippen LogP contribution in [0.2, 0.25) is 13.3 Å². The van der Waals surface area contributed by atoms with Gasteiger partial charge in [-0.2, -0.15) is 0 Å². The topological polar surface area (TPSA) is 3.24 Å². The predicted octanol–water partition coefficient (Wildman–Crippen LogP) is 15.4. The number of hydrogen-bond acceptors (Lipinski definition) is 2. The summed E-state index contributed by atoms with van der Waals surface area (Å²) in [4.78, 5) is 3.96. The predicted molar refractivity (Wildman–Crippen MR) is 225 cm³/mol. The van der Waals surface area contributed by atoms with Crippen molar-refractivity contribution in [1.82, 2.24) is 0 Å². The van der Waals surface area contributed by atoms with Crippen molar-refractivity contribution in [2.75, 3.05) is 4.90 Å². The van der Waals surface area contributed by atoms with Gasteiger partial charge in [0.2, 0.25) is 0 Å². The molecule has 0 aliphatic carbocycles. The Bertz CT molecular complexity index is 1350. The molecule has 1 nitrogen and oxygen atoms in total. The van der Waals surface area contributed by atoms with Crippen LogP contribution in [0.4, 0.5) is 17.1 Å². The summed E-state index contributed by atoms with van der Waals surface area (Å²) < 4.78 is 6.53. The van der Waals surface area contributed by atoms with Crippen molar-refractivity contribution < 1.29 is 0 Å². The molecule has 3 heteroatoms. The van der Waals surface area contributed by atoms with E-state index in [4.69, 9.17) is 0 Å². The molecule has 49 heavy (non-hydrogen) atoms. The van der Waals surface area contributed by atoms with Crippen molar-refractivity contribution in [1.29, 1.82) is 0 Å². The normalized spacial score (nSPS) is 11.7. The molecule has 0 aliphatic rings. The van der Waals surface area contributed by atoms with Gasteiger partial charge in [-0.3, -0.25) is 0 Å². The van der Waals surface area contributed by atoms with Crippen molar-refractivity contribution in [3.05, 3.63) is 96.6 Å². The zero-order valence-electron chi connectivity index (χ0n) is 31.7. The SMILES string of the molecule is CCCCCCCCCCCCc1c[c]([Sn]([CH2]CCC)([CH2]CCC)[CH2]CCC)sc1-c1ccc(N(c2ccccc2)c2ccccc2)cc1. The van der Waals surface area contributed by atoms with Crippen molar-refractivity contribution in [3.63, 3.8) is 0 Å². The minimum absolute atomic E-state index is 1.20. The number of hydrogen-bond donors (Lipinski definition) is 0. The van der Waals surface area contributed by atoms with Gasteiger partial charge in [0.05, 0.1) is 0 Å². The van der Waals surface area contributed by atoms with Crippen LogP contribution >= 0.6 is 11.3 Å². The molecule has 0 atom stereocenters. The van der Waals surface area contributed by atoms with E-state index in [0.717, 1.165) is 0 Å². The summed E-state index contributed by atoms with van der Waals surface area (Å²) in [6.45, 7) is 9.53. The fraction of sp³-hybridized carbons (Fsp3) is 0.522. The van der Waals surface area contributed by atoms with Gasteiger partial charge in [0, 0.05) is 0 Å². The van der Waals surface area contributed by atoms with E-state index < -0.39 is 18.4 Å². The van der Waals surface area contributed by atoms with E-state index in [-0.39, 0.29) is 0 Å². The van der Waals surface area contributed by atoms with Crippen LogP contribution in [0, 0.1) is 0 Å². The monoisotopic (exact) mass is 785 g/mol. The number of rotatable bonds is 25. The van der Waals surface area contributed by atoms with Crippen molar-refractivity contribution in [3.8, 4) is 10.4 Å². The maximum atomic E-state index is 2.79.